The Kier molecular flexibility index (Phi) is 9.32. The molecule has 2 amide bonds. The molecule has 0 fully saturated rings. The van der Waals surface area contributed by atoms with E-state index in [-0.39, 0.29) is 18.4 Å². The molecule has 1 heterocycles. The van der Waals surface area contributed by atoms with E-state index in [1.807, 2.05) is 37.3 Å². The average molecular weight is 463 g/mol. The van der Waals surface area contributed by atoms with Gasteiger partial charge in [0.25, 0.3) is 5.91 Å². The average Bonchev–Trinajstić information content (AvgIpc) is 3.28. The first-order chi connectivity index (χ1) is 16.5. The van der Waals surface area contributed by atoms with E-state index in [4.69, 9.17) is 9.15 Å². The van der Waals surface area contributed by atoms with Crippen LogP contribution in [0.3, 0.4) is 0 Å². The number of ether oxygens (including phenoxy) is 1. The van der Waals surface area contributed by atoms with Crippen molar-refractivity contribution in [1.29, 1.82) is 0 Å². The number of nitrogens with zero attached hydrogens (tertiary/aromatic N) is 2. The highest BCUT2D eigenvalue weighted by atomic mass is 16.5. The third-order valence-corrected chi connectivity index (χ3v) is 5.74. The molecule has 2 aromatic carbocycles. The number of amides is 2. The number of carbonyl (C=O) groups excluding carboxylic acids is 2. The summed E-state index contributed by atoms with van der Waals surface area (Å²) >= 11 is 0. The highest BCUT2D eigenvalue weighted by Crippen LogP contribution is 2.15. The summed E-state index contributed by atoms with van der Waals surface area (Å²) in [7, 11) is 1.59. The van der Waals surface area contributed by atoms with E-state index in [0.29, 0.717) is 30.9 Å². The maximum Gasteiger partial charge on any atom is 0.254 e. The van der Waals surface area contributed by atoms with Crippen LogP contribution in [0.15, 0.2) is 71.1 Å². The summed E-state index contributed by atoms with van der Waals surface area (Å²) in [5.74, 6) is 1.99. The van der Waals surface area contributed by atoms with Gasteiger partial charge >= 0.3 is 0 Å². The van der Waals surface area contributed by atoms with Gasteiger partial charge in [0.2, 0.25) is 5.91 Å². The fraction of sp³-hybridized carbons (Fsp3) is 0.357. The largest absolute Gasteiger partial charge is 0.497 e. The van der Waals surface area contributed by atoms with Crippen LogP contribution in [0.2, 0.25) is 0 Å². The van der Waals surface area contributed by atoms with Gasteiger partial charge in [0.05, 0.1) is 13.7 Å². The Labute approximate surface area is 202 Å². The molecule has 3 aromatic rings. The van der Waals surface area contributed by atoms with Gasteiger partial charge in [-0.25, -0.2) is 0 Å². The third kappa shape index (κ3) is 7.24. The molecule has 0 bridgehead atoms. The Morgan fingerprint density at radius 1 is 0.912 bits per heavy atom. The van der Waals surface area contributed by atoms with Crippen molar-refractivity contribution in [3.8, 4) is 5.75 Å². The Hall–Kier alpha value is -3.54. The van der Waals surface area contributed by atoms with Crippen LogP contribution in [0.5, 0.6) is 5.75 Å². The lowest BCUT2D eigenvalue weighted by Gasteiger charge is -2.27. The van der Waals surface area contributed by atoms with Crippen LogP contribution in [0.1, 0.15) is 47.2 Å². The topological polar surface area (TPSA) is 63.0 Å². The summed E-state index contributed by atoms with van der Waals surface area (Å²) in [4.78, 5) is 30.1. The lowest BCUT2D eigenvalue weighted by atomic mass is 10.1. The molecule has 0 aliphatic heterocycles. The summed E-state index contributed by atoms with van der Waals surface area (Å²) in [5.41, 5.74) is 1.70. The molecule has 180 valence electrons. The van der Waals surface area contributed by atoms with E-state index in [9.17, 15) is 9.59 Å². The van der Waals surface area contributed by atoms with Crippen LogP contribution >= 0.6 is 0 Å². The number of carbonyl (C=O) groups is 2. The van der Waals surface area contributed by atoms with Gasteiger partial charge in [-0.1, -0.05) is 43.7 Å². The summed E-state index contributed by atoms with van der Waals surface area (Å²) in [6.07, 6.45) is 2.49. The summed E-state index contributed by atoms with van der Waals surface area (Å²) in [6, 6.07) is 20.9. The van der Waals surface area contributed by atoms with E-state index in [1.165, 1.54) is 0 Å². The first-order valence-corrected chi connectivity index (χ1v) is 11.8. The molecule has 0 spiro atoms. The predicted molar refractivity (Wildman–Crippen MR) is 133 cm³/mol. The number of benzene rings is 2. The SMILES string of the molecule is CCCCN(CC(=O)N(CCc1ccccc1)Cc1ccc(C)o1)C(=O)c1ccc(OC)cc1. The molecule has 3 rings (SSSR count). The molecule has 0 atom stereocenters. The van der Waals surface area contributed by atoms with Gasteiger partial charge in [0, 0.05) is 18.7 Å². The van der Waals surface area contributed by atoms with E-state index >= 15 is 0 Å². The first kappa shape index (κ1) is 25.1. The minimum absolute atomic E-state index is 0.0271. The van der Waals surface area contributed by atoms with E-state index in [0.717, 1.165) is 36.3 Å². The molecule has 0 N–H and O–H groups in total. The Morgan fingerprint density at radius 2 is 1.65 bits per heavy atom. The molecule has 6 heteroatoms. The van der Waals surface area contributed by atoms with Crippen molar-refractivity contribution in [2.45, 2.75) is 39.7 Å². The standard InChI is InChI=1S/C28H34N2O4/c1-4-5-18-30(28(32)24-12-15-25(33-3)16-13-24)21-27(31)29(20-26-14-11-22(2)34-26)19-17-23-9-7-6-8-10-23/h6-16H,4-5,17-21H2,1-3H3. The molecular formula is C28H34N2O4. The molecular weight excluding hydrogens is 428 g/mol. The first-order valence-electron chi connectivity index (χ1n) is 11.8. The van der Waals surface area contributed by atoms with Crippen molar-refractivity contribution >= 4 is 11.8 Å². The number of furan rings is 1. The van der Waals surface area contributed by atoms with Crippen LogP contribution in [0, 0.1) is 6.92 Å². The molecule has 34 heavy (non-hydrogen) atoms. The van der Waals surface area contributed by atoms with Crippen molar-refractivity contribution < 1.29 is 18.7 Å². The van der Waals surface area contributed by atoms with Crippen molar-refractivity contribution in [2.24, 2.45) is 0 Å². The summed E-state index contributed by atoms with van der Waals surface area (Å²) in [5, 5.41) is 0. The van der Waals surface area contributed by atoms with E-state index < -0.39 is 0 Å². The molecule has 1 aromatic heterocycles. The lowest BCUT2D eigenvalue weighted by Crippen LogP contribution is -2.43. The molecule has 0 aliphatic rings. The number of rotatable bonds is 12. The predicted octanol–water partition coefficient (Wildman–Crippen LogP) is 5.11. The van der Waals surface area contributed by atoms with Gasteiger partial charge < -0.3 is 19.0 Å². The zero-order valence-corrected chi connectivity index (χ0v) is 20.3. The van der Waals surface area contributed by atoms with Gasteiger partial charge in [0.1, 0.15) is 23.8 Å². The zero-order valence-electron chi connectivity index (χ0n) is 20.3. The number of aryl methyl sites for hydroxylation is 1. The fourth-order valence-electron chi connectivity index (χ4n) is 3.74. The second-order valence-electron chi connectivity index (χ2n) is 8.37. The van der Waals surface area contributed by atoms with Crippen LogP contribution in [-0.4, -0.2) is 48.4 Å². The molecule has 0 saturated carbocycles. The number of unbranched alkanes of at least 4 members (excludes halogenated alkanes) is 1. The van der Waals surface area contributed by atoms with Crippen molar-refractivity contribution in [3.63, 3.8) is 0 Å². The van der Waals surface area contributed by atoms with Gasteiger partial charge in [-0.05, 0) is 61.7 Å². The minimum Gasteiger partial charge on any atom is -0.497 e. The van der Waals surface area contributed by atoms with Gasteiger partial charge in [-0.3, -0.25) is 9.59 Å². The van der Waals surface area contributed by atoms with Crippen molar-refractivity contribution in [1.82, 2.24) is 9.80 Å². The molecule has 0 saturated heterocycles. The Bertz CT molecular complexity index is 1040. The Balaban J connectivity index is 1.75. The molecule has 0 unspecified atom stereocenters. The fourth-order valence-corrected chi connectivity index (χ4v) is 3.74. The normalized spacial score (nSPS) is 10.7. The quantitative estimate of drug-likeness (QED) is 0.375. The molecule has 0 radical (unpaired) electrons. The number of hydrogen-bond donors (Lipinski definition) is 0. The highest BCUT2D eigenvalue weighted by Gasteiger charge is 2.23. The minimum atomic E-state index is -0.152. The highest BCUT2D eigenvalue weighted by molar-refractivity contribution is 5.96. The summed E-state index contributed by atoms with van der Waals surface area (Å²) < 4.78 is 10.9. The number of hydrogen-bond acceptors (Lipinski definition) is 4. The van der Waals surface area contributed by atoms with Crippen LogP contribution in [0.4, 0.5) is 0 Å². The third-order valence-electron chi connectivity index (χ3n) is 5.74. The van der Waals surface area contributed by atoms with Gasteiger partial charge in [0.15, 0.2) is 0 Å². The smallest absolute Gasteiger partial charge is 0.254 e. The lowest BCUT2D eigenvalue weighted by molar-refractivity contribution is -0.132. The number of methoxy groups -OCH3 is 1. The second-order valence-corrected chi connectivity index (χ2v) is 8.37. The van der Waals surface area contributed by atoms with Crippen LogP contribution in [-0.2, 0) is 17.8 Å². The Morgan fingerprint density at radius 3 is 2.26 bits per heavy atom. The molecule has 0 aliphatic carbocycles. The van der Waals surface area contributed by atoms with Crippen molar-refractivity contribution in [2.75, 3.05) is 26.7 Å². The van der Waals surface area contributed by atoms with Gasteiger partial charge in [-0.15, -0.1) is 0 Å². The van der Waals surface area contributed by atoms with Crippen LogP contribution in [0.25, 0.3) is 0 Å². The maximum absolute atomic E-state index is 13.5. The molecule has 6 nitrogen and oxygen atoms in total. The van der Waals surface area contributed by atoms with E-state index in [2.05, 4.69) is 19.1 Å². The van der Waals surface area contributed by atoms with Crippen molar-refractivity contribution in [3.05, 3.63) is 89.4 Å². The second kappa shape index (κ2) is 12.6. The summed E-state index contributed by atoms with van der Waals surface area (Å²) in [6.45, 7) is 5.43. The van der Waals surface area contributed by atoms with Gasteiger partial charge in [-0.2, -0.15) is 0 Å². The monoisotopic (exact) mass is 462 g/mol. The zero-order chi connectivity index (χ0) is 24.3. The van der Waals surface area contributed by atoms with E-state index in [1.54, 1.807) is 41.2 Å². The maximum atomic E-state index is 13.5. The van der Waals surface area contributed by atoms with Crippen LogP contribution < -0.4 is 4.74 Å².